The second-order valence-corrected chi connectivity index (χ2v) is 6.79. The first-order valence-corrected chi connectivity index (χ1v) is 8.12. The lowest BCUT2D eigenvalue weighted by molar-refractivity contribution is 0.259. The maximum Gasteiger partial charge on any atom is 0.193 e. The van der Waals surface area contributed by atoms with Gasteiger partial charge in [0, 0.05) is 45.3 Å². The zero-order valence-corrected chi connectivity index (χ0v) is 12.9. The standard InChI is InChI=1S/C16H28N4/c1-3-17-15(18-13-16(2)7-8-16)20-11-6-14(12-20)19-9-4-5-10-19/h4-5,14H,3,6-13H2,1-2H3,(H,17,18). The van der Waals surface area contributed by atoms with Crippen molar-refractivity contribution in [3.8, 4) is 0 Å². The van der Waals surface area contributed by atoms with Gasteiger partial charge in [-0.3, -0.25) is 9.89 Å². The average molecular weight is 276 g/mol. The molecule has 0 aromatic carbocycles. The Morgan fingerprint density at radius 3 is 2.75 bits per heavy atom. The lowest BCUT2D eigenvalue weighted by Crippen LogP contribution is -2.43. The smallest absolute Gasteiger partial charge is 0.193 e. The highest BCUT2D eigenvalue weighted by Crippen LogP contribution is 2.45. The Morgan fingerprint density at radius 2 is 2.10 bits per heavy atom. The van der Waals surface area contributed by atoms with Crippen molar-refractivity contribution in [2.24, 2.45) is 10.4 Å². The second kappa shape index (κ2) is 5.76. The minimum absolute atomic E-state index is 0.499. The molecular formula is C16H28N4. The van der Waals surface area contributed by atoms with Crippen molar-refractivity contribution in [3.05, 3.63) is 12.2 Å². The predicted octanol–water partition coefficient (Wildman–Crippen LogP) is 1.70. The molecule has 4 nitrogen and oxygen atoms in total. The molecule has 20 heavy (non-hydrogen) atoms. The first kappa shape index (κ1) is 13.9. The van der Waals surface area contributed by atoms with Crippen LogP contribution in [-0.2, 0) is 0 Å². The third kappa shape index (κ3) is 3.17. The van der Waals surface area contributed by atoms with Crippen LogP contribution in [0.5, 0.6) is 0 Å². The summed E-state index contributed by atoms with van der Waals surface area (Å²) in [6, 6.07) is 0.699. The van der Waals surface area contributed by atoms with E-state index in [1.165, 1.54) is 19.3 Å². The molecule has 4 heteroatoms. The lowest BCUT2D eigenvalue weighted by Gasteiger charge is -2.25. The summed E-state index contributed by atoms with van der Waals surface area (Å²) in [5.41, 5.74) is 0.499. The summed E-state index contributed by atoms with van der Waals surface area (Å²) < 4.78 is 0. The van der Waals surface area contributed by atoms with Gasteiger partial charge >= 0.3 is 0 Å². The van der Waals surface area contributed by atoms with Crippen LogP contribution in [0.2, 0.25) is 0 Å². The predicted molar refractivity (Wildman–Crippen MR) is 84.0 cm³/mol. The molecular weight excluding hydrogens is 248 g/mol. The number of nitrogens with zero attached hydrogens (tertiary/aromatic N) is 3. The van der Waals surface area contributed by atoms with Crippen molar-refractivity contribution < 1.29 is 0 Å². The van der Waals surface area contributed by atoms with Crippen molar-refractivity contribution in [2.45, 2.75) is 39.2 Å². The number of nitrogens with one attached hydrogen (secondary N) is 1. The van der Waals surface area contributed by atoms with Crippen LogP contribution in [0.1, 0.15) is 33.1 Å². The van der Waals surface area contributed by atoms with Crippen LogP contribution in [0.25, 0.3) is 0 Å². The molecule has 1 unspecified atom stereocenters. The zero-order chi connectivity index (χ0) is 14.0. The molecule has 1 N–H and O–H groups in total. The molecule has 1 aliphatic carbocycles. The highest BCUT2D eigenvalue weighted by Gasteiger charge is 2.37. The minimum atomic E-state index is 0.499. The highest BCUT2D eigenvalue weighted by molar-refractivity contribution is 5.80. The van der Waals surface area contributed by atoms with Gasteiger partial charge in [-0.05, 0) is 31.6 Å². The van der Waals surface area contributed by atoms with E-state index >= 15 is 0 Å². The number of hydrogen-bond donors (Lipinski definition) is 1. The summed E-state index contributed by atoms with van der Waals surface area (Å²) in [6.45, 7) is 11.0. The summed E-state index contributed by atoms with van der Waals surface area (Å²) in [5, 5.41) is 3.48. The van der Waals surface area contributed by atoms with Crippen molar-refractivity contribution in [1.29, 1.82) is 0 Å². The summed E-state index contributed by atoms with van der Waals surface area (Å²) in [4.78, 5) is 9.92. The topological polar surface area (TPSA) is 30.9 Å². The summed E-state index contributed by atoms with van der Waals surface area (Å²) >= 11 is 0. The summed E-state index contributed by atoms with van der Waals surface area (Å²) in [5.74, 6) is 1.13. The van der Waals surface area contributed by atoms with Crippen LogP contribution in [0.4, 0.5) is 0 Å². The van der Waals surface area contributed by atoms with Gasteiger partial charge in [-0.1, -0.05) is 19.1 Å². The Balaban J connectivity index is 1.57. The fraction of sp³-hybridized carbons (Fsp3) is 0.812. The molecule has 3 rings (SSSR count). The summed E-state index contributed by atoms with van der Waals surface area (Å²) in [7, 11) is 0. The second-order valence-electron chi connectivity index (χ2n) is 6.79. The van der Waals surface area contributed by atoms with E-state index in [0.717, 1.165) is 45.2 Å². The number of likely N-dealkylation sites (tertiary alicyclic amines) is 1. The number of guanidine groups is 1. The van der Waals surface area contributed by atoms with E-state index in [0.29, 0.717) is 11.5 Å². The van der Waals surface area contributed by atoms with Gasteiger partial charge < -0.3 is 10.2 Å². The third-order valence-electron chi connectivity index (χ3n) is 4.87. The molecule has 1 atom stereocenters. The average Bonchev–Trinajstić information content (AvgIpc) is 2.93. The van der Waals surface area contributed by atoms with Crippen LogP contribution in [0.15, 0.2) is 17.1 Å². The molecule has 0 amide bonds. The quantitative estimate of drug-likeness (QED) is 0.482. The molecule has 2 fully saturated rings. The normalized spacial score (nSPS) is 29.2. The van der Waals surface area contributed by atoms with Crippen LogP contribution < -0.4 is 5.32 Å². The van der Waals surface area contributed by atoms with Crippen molar-refractivity contribution in [3.63, 3.8) is 0 Å². The van der Waals surface area contributed by atoms with Gasteiger partial charge in [0.05, 0.1) is 0 Å². The molecule has 0 bridgehead atoms. The van der Waals surface area contributed by atoms with Crippen molar-refractivity contribution in [1.82, 2.24) is 15.1 Å². The molecule has 1 saturated carbocycles. The molecule has 112 valence electrons. The van der Waals surface area contributed by atoms with Gasteiger partial charge in [-0.15, -0.1) is 0 Å². The number of hydrogen-bond acceptors (Lipinski definition) is 2. The van der Waals surface area contributed by atoms with Gasteiger partial charge in [0.15, 0.2) is 5.96 Å². The largest absolute Gasteiger partial charge is 0.357 e. The molecule has 0 aromatic heterocycles. The van der Waals surface area contributed by atoms with E-state index in [4.69, 9.17) is 4.99 Å². The van der Waals surface area contributed by atoms with Gasteiger partial charge in [0.25, 0.3) is 0 Å². The first-order chi connectivity index (χ1) is 9.70. The van der Waals surface area contributed by atoms with Gasteiger partial charge in [0.2, 0.25) is 0 Å². The van der Waals surface area contributed by atoms with E-state index in [1.54, 1.807) is 0 Å². The molecule has 2 heterocycles. The highest BCUT2D eigenvalue weighted by atomic mass is 15.3. The van der Waals surface area contributed by atoms with E-state index in [1.807, 2.05) is 0 Å². The molecule has 2 aliphatic heterocycles. The molecule has 0 spiro atoms. The van der Waals surface area contributed by atoms with Crippen LogP contribution in [0.3, 0.4) is 0 Å². The first-order valence-electron chi connectivity index (χ1n) is 8.12. The number of rotatable bonds is 4. The van der Waals surface area contributed by atoms with E-state index in [9.17, 15) is 0 Å². The van der Waals surface area contributed by atoms with Crippen LogP contribution >= 0.6 is 0 Å². The molecule has 3 aliphatic rings. The Bertz CT molecular complexity index is 389. The SMILES string of the molecule is CCNC(=NCC1(C)CC1)N1CCC(N2CC=CC2)C1. The molecule has 1 saturated heterocycles. The lowest BCUT2D eigenvalue weighted by atomic mass is 10.1. The monoisotopic (exact) mass is 276 g/mol. The summed E-state index contributed by atoms with van der Waals surface area (Å²) in [6.07, 6.45) is 8.53. The van der Waals surface area contributed by atoms with Crippen LogP contribution in [-0.4, -0.2) is 61.1 Å². The third-order valence-corrected chi connectivity index (χ3v) is 4.87. The van der Waals surface area contributed by atoms with E-state index in [2.05, 4.69) is 41.1 Å². The van der Waals surface area contributed by atoms with Gasteiger partial charge in [-0.25, -0.2) is 0 Å². The van der Waals surface area contributed by atoms with Crippen molar-refractivity contribution in [2.75, 3.05) is 39.3 Å². The van der Waals surface area contributed by atoms with Gasteiger partial charge in [0.1, 0.15) is 0 Å². The fourth-order valence-corrected chi connectivity index (χ4v) is 3.09. The maximum absolute atomic E-state index is 4.89. The Kier molecular flexibility index (Phi) is 4.01. The fourth-order valence-electron chi connectivity index (χ4n) is 3.09. The van der Waals surface area contributed by atoms with Crippen molar-refractivity contribution >= 4 is 5.96 Å². The Labute approximate surface area is 122 Å². The minimum Gasteiger partial charge on any atom is -0.357 e. The maximum atomic E-state index is 4.89. The van der Waals surface area contributed by atoms with E-state index < -0.39 is 0 Å². The zero-order valence-electron chi connectivity index (χ0n) is 12.9. The Hall–Kier alpha value is -1.03. The van der Waals surface area contributed by atoms with E-state index in [-0.39, 0.29) is 0 Å². The number of aliphatic imine (C=N–C) groups is 1. The van der Waals surface area contributed by atoms with Crippen LogP contribution in [0, 0.1) is 5.41 Å². The molecule has 0 radical (unpaired) electrons. The Morgan fingerprint density at radius 1 is 1.35 bits per heavy atom. The van der Waals surface area contributed by atoms with Gasteiger partial charge in [-0.2, -0.15) is 0 Å². The molecule has 0 aromatic rings.